The van der Waals surface area contributed by atoms with Crippen molar-refractivity contribution in [3.8, 4) is 0 Å². The minimum Gasteiger partial charge on any atom is -0.404 e. The summed E-state index contributed by atoms with van der Waals surface area (Å²) in [5, 5.41) is 1.42. The van der Waals surface area contributed by atoms with Gasteiger partial charge in [-0.2, -0.15) is 0 Å². The molecule has 0 amide bonds. The molecule has 3 nitrogen and oxygen atoms in total. The van der Waals surface area contributed by atoms with Crippen molar-refractivity contribution in [2.75, 3.05) is 0 Å². The summed E-state index contributed by atoms with van der Waals surface area (Å²) in [5.41, 5.74) is 0.0108. The van der Waals surface area contributed by atoms with Crippen molar-refractivity contribution in [2.24, 2.45) is 0 Å². The van der Waals surface area contributed by atoms with Crippen molar-refractivity contribution in [2.45, 2.75) is 83.3 Å². The monoisotopic (exact) mass is 378 g/mol. The first-order chi connectivity index (χ1) is 11.4. The Labute approximate surface area is 155 Å². The molecule has 0 aromatic heterocycles. The van der Waals surface area contributed by atoms with E-state index < -0.39 is 22.5 Å². The van der Waals surface area contributed by atoms with Crippen molar-refractivity contribution in [1.82, 2.24) is 0 Å². The van der Waals surface area contributed by atoms with E-state index in [0.717, 1.165) is 0 Å². The summed E-state index contributed by atoms with van der Waals surface area (Å²) in [6.07, 6.45) is -0.133. The van der Waals surface area contributed by atoms with Gasteiger partial charge in [0.15, 0.2) is 14.1 Å². The van der Waals surface area contributed by atoms with Crippen LogP contribution in [0.1, 0.15) is 34.1 Å². The molecule has 0 saturated carbocycles. The normalized spacial score (nSPS) is 25.9. The Bertz CT molecular complexity index is 605. The molecule has 2 rings (SSSR count). The number of rotatable bonds is 4. The summed E-state index contributed by atoms with van der Waals surface area (Å²) in [6.45, 7) is 17.6. The van der Waals surface area contributed by atoms with Crippen LogP contribution < -0.4 is 5.19 Å². The van der Waals surface area contributed by atoms with Gasteiger partial charge in [-0.05, 0) is 25.1 Å². The smallest absolute Gasteiger partial charge is 0.193 e. The summed E-state index contributed by atoms with van der Waals surface area (Å²) in [7, 11) is -3.87. The molecule has 1 aliphatic heterocycles. The van der Waals surface area contributed by atoms with Gasteiger partial charge in [0.05, 0.1) is 11.8 Å². The molecule has 3 atom stereocenters. The highest BCUT2D eigenvalue weighted by atomic mass is 28.4. The van der Waals surface area contributed by atoms with Crippen LogP contribution in [0.15, 0.2) is 30.3 Å². The molecule has 0 N–H and O–H groups in total. The Morgan fingerprint density at radius 1 is 1.08 bits per heavy atom. The topological polar surface area (TPSA) is 35.5 Å². The zero-order valence-electron chi connectivity index (χ0n) is 17.1. The summed E-state index contributed by atoms with van der Waals surface area (Å²) in [5.74, 6) is 0.213. The summed E-state index contributed by atoms with van der Waals surface area (Å²) in [6, 6.07) is 10.5. The predicted molar refractivity (Wildman–Crippen MR) is 110 cm³/mol. The van der Waals surface area contributed by atoms with E-state index in [2.05, 4.69) is 71.2 Å². The molecule has 0 aliphatic carbocycles. The first-order valence-corrected chi connectivity index (χ1v) is 15.3. The lowest BCUT2D eigenvalue weighted by atomic mass is 10.1. The van der Waals surface area contributed by atoms with E-state index in [-0.39, 0.29) is 22.7 Å². The molecular formula is C20H34O3Si2. The van der Waals surface area contributed by atoms with Crippen LogP contribution >= 0.6 is 0 Å². The molecule has 25 heavy (non-hydrogen) atoms. The van der Waals surface area contributed by atoms with Crippen LogP contribution in [0.4, 0.5) is 0 Å². The first-order valence-electron chi connectivity index (χ1n) is 9.28. The molecule has 1 aliphatic rings. The molecule has 140 valence electrons. The van der Waals surface area contributed by atoms with Crippen LogP contribution in [0.25, 0.3) is 0 Å². The number of hydrogen-bond donors (Lipinski definition) is 0. The lowest BCUT2D eigenvalue weighted by Gasteiger charge is -2.45. The van der Waals surface area contributed by atoms with Crippen LogP contribution in [0.5, 0.6) is 0 Å². The molecule has 5 heteroatoms. The fourth-order valence-corrected chi connectivity index (χ4v) is 7.08. The molecule has 0 unspecified atom stereocenters. The van der Waals surface area contributed by atoms with Crippen LogP contribution in [0.2, 0.25) is 31.2 Å². The number of carbonyl (C=O) groups excluding carboxylic acids is 1. The molecule has 1 heterocycles. The van der Waals surface area contributed by atoms with E-state index in [4.69, 9.17) is 9.16 Å². The third-order valence-corrected chi connectivity index (χ3v) is 14.3. The van der Waals surface area contributed by atoms with Gasteiger partial charge in [-0.1, -0.05) is 69.4 Å². The maximum Gasteiger partial charge on any atom is 0.193 e. The Balaban J connectivity index is 2.16. The van der Waals surface area contributed by atoms with Crippen LogP contribution in [-0.4, -0.2) is 40.1 Å². The van der Waals surface area contributed by atoms with Crippen molar-refractivity contribution in [1.29, 1.82) is 0 Å². The quantitative estimate of drug-likeness (QED) is 0.734. The van der Waals surface area contributed by atoms with Crippen molar-refractivity contribution in [3.63, 3.8) is 0 Å². The fraction of sp³-hybridized carbons (Fsp3) is 0.650. The van der Waals surface area contributed by atoms with Crippen LogP contribution in [-0.2, 0) is 14.0 Å². The Kier molecular flexibility index (Phi) is 5.84. The standard InChI is InChI=1S/C20H34O3Si2/c1-15-19(23-25(7,8)20(2,3)4)17(21)14-18(22-15)24(5,6)16-12-10-9-11-13-16/h9-13,15,18-19H,14H2,1-8H3/t15-,18+,19-/m1/s1. The molecule has 0 bridgehead atoms. The van der Waals surface area contributed by atoms with E-state index in [0.29, 0.717) is 6.42 Å². The maximum atomic E-state index is 12.9. The predicted octanol–water partition coefficient (Wildman–Crippen LogP) is 4.28. The highest BCUT2D eigenvalue weighted by molar-refractivity contribution is 6.91. The second-order valence-electron chi connectivity index (χ2n) is 9.39. The van der Waals surface area contributed by atoms with Crippen molar-refractivity contribution >= 4 is 27.4 Å². The molecule has 0 spiro atoms. The molecule has 1 aromatic carbocycles. The molecule has 1 aromatic rings. The fourth-order valence-electron chi connectivity index (χ4n) is 3.07. The Morgan fingerprint density at radius 3 is 2.12 bits per heavy atom. The molecule has 0 radical (unpaired) electrons. The summed E-state index contributed by atoms with van der Waals surface area (Å²) >= 11 is 0. The lowest BCUT2D eigenvalue weighted by molar-refractivity contribution is -0.146. The summed E-state index contributed by atoms with van der Waals surface area (Å²) < 4.78 is 12.8. The van der Waals surface area contributed by atoms with Gasteiger partial charge in [0.1, 0.15) is 14.2 Å². The zero-order chi connectivity index (χ0) is 19.0. The van der Waals surface area contributed by atoms with E-state index >= 15 is 0 Å². The van der Waals surface area contributed by atoms with Crippen molar-refractivity contribution in [3.05, 3.63) is 30.3 Å². The van der Waals surface area contributed by atoms with Gasteiger partial charge in [0.25, 0.3) is 0 Å². The third-order valence-electron chi connectivity index (χ3n) is 6.06. The largest absolute Gasteiger partial charge is 0.404 e. The second kappa shape index (κ2) is 7.10. The number of Topliss-reactive ketones (excluding diaryl/α,β-unsaturated/α-hetero) is 1. The van der Waals surface area contributed by atoms with Gasteiger partial charge >= 0.3 is 0 Å². The minimum absolute atomic E-state index is 0.0108. The van der Waals surface area contributed by atoms with E-state index in [1.54, 1.807) is 0 Å². The third kappa shape index (κ3) is 4.33. The number of ether oxygens (including phenoxy) is 1. The maximum absolute atomic E-state index is 12.9. The second-order valence-corrected chi connectivity index (χ2v) is 18.8. The van der Waals surface area contributed by atoms with Gasteiger partial charge in [0.2, 0.25) is 0 Å². The SMILES string of the molecule is C[C@H]1O[C@@H]([Si](C)(C)c2ccccc2)CC(=O)[C@@H]1O[Si](C)(C)C(C)(C)C. The highest BCUT2D eigenvalue weighted by Gasteiger charge is 2.48. The summed E-state index contributed by atoms with van der Waals surface area (Å²) in [4.78, 5) is 12.9. The van der Waals surface area contributed by atoms with Gasteiger partial charge in [0, 0.05) is 6.42 Å². The molecular weight excluding hydrogens is 344 g/mol. The molecule has 1 fully saturated rings. The van der Waals surface area contributed by atoms with Gasteiger partial charge in [-0.15, -0.1) is 0 Å². The van der Waals surface area contributed by atoms with Gasteiger partial charge < -0.3 is 9.16 Å². The number of carbonyl (C=O) groups is 1. The Hall–Kier alpha value is -0.756. The average Bonchev–Trinajstić information content (AvgIpc) is 2.50. The Morgan fingerprint density at radius 2 is 1.64 bits per heavy atom. The lowest BCUT2D eigenvalue weighted by Crippen LogP contribution is -2.61. The number of hydrogen-bond acceptors (Lipinski definition) is 3. The molecule has 1 saturated heterocycles. The first kappa shape index (κ1) is 20.6. The van der Waals surface area contributed by atoms with E-state index in [1.165, 1.54) is 5.19 Å². The van der Waals surface area contributed by atoms with E-state index in [9.17, 15) is 4.79 Å². The number of ketones is 1. The number of benzene rings is 1. The van der Waals surface area contributed by atoms with Crippen molar-refractivity contribution < 1.29 is 14.0 Å². The minimum atomic E-state index is -2.00. The van der Waals surface area contributed by atoms with Gasteiger partial charge in [-0.25, -0.2) is 0 Å². The zero-order valence-corrected chi connectivity index (χ0v) is 19.1. The average molecular weight is 379 g/mol. The highest BCUT2D eigenvalue weighted by Crippen LogP contribution is 2.39. The van der Waals surface area contributed by atoms with Gasteiger partial charge in [-0.3, -0.25) is 4.79 Å². The van der Waals surface area contributed by atoms with Crippen LogP contribution in [0.3, 0.4) is 0 Å². The van der Waals surface area contributed by atoms with E-state index in [1.807, 2.05) is 13.0 Å². The van der Waals surface area contributed by atoms with Crippen LogP contribution in [0, 0.1) is 0 Å².